The van der Waals surface area contributed by atoms with Crippen LogP contribution in [0.2, 0.25) is 0 Å². The van der Waals surface area contributed by atoms with Crippen LogP contribution < -0.4 is 5.73 Å². The third-order valence-corrected chi connectivity index (χ3v) is 8.34. The number of rotatable bonds is 5. The molecule has 6 rings (SSSR count). The highest BCUT2D eigenvalue weighted by Gasteiger charge is 2.38. The van der Waals surface area contributed by atoms with E-state index in [1.54, 1.807) is 6.20 Å². The molecule has 1 aromatic carbocycles. The molecule has 0 saturated carbocycles. The van der Waals surface area contributed by atoms with Crippen molar-refractivity contribution in [2.45, 2.75) is 51.0 Å². The van der Waals surface area contributed by atoms with Gasteiger partial charge in [0.15, 0.2) is 5.78 Å². The zero-order valence-corrected chi connectivity index (χ0v) is 22.6. The number of ketones is 1. The van der Waals surface area contributed by atoms with Crippen molar-refractivity contribution in [1.29, 1.82) is 0 Å². The lowest BCUT2D eigenvalue weighted by atomic mass is 9.72. The Morgan fingerprint density at radius 3 is 2.51 bits per heavy atom. The van der Waals surface area contributed by atoms with Gasteiger partial charge in [0.25, 0.3) is 5.91 Å². The molecule has 0 spiro atoms. The molecule has 1 aliphatic carbocycles. The number of nitrogens with zero attached hydrogens (tertiary/aromatic N) is 5. The van der Waals surface area contributed by atoms with E-state index >= 15 is 0 Å². The number of nitrogen functional groups attached to an aromatic ring is 1. The van der Waals surface area contributed by atoms with E-state index in [2.05, 4.69) is 38.9 Å². The Balaban J connectivity index is 1.12. The predicted molar refractivity (Wildman–Crippen MR) is 147 cm³/mol. The van der Waals surface area contributed by atoms with Crippen LogP contribution in [-0.2, 0) is 23.0 Å². The molecule has 2 fully saturated rings. The van der Waals surface area contributed by atoms with Crippen LogP contribution in [0.3, 0.4) is 0 Å². The van der Waals surface area contributed by atoms with Crippen LogP contribution in [-0.4, -0.2) is 87.1 Å². The third kappa shape index (κ3) is 4.94. The quantitative estimate of drug-likeness (QED) is 0.483. The summed E-state index contributed by atoms with van der Waals surface area (Å²) in [7, 11) is 0. The third-order valence-electron chi connectivity index (χ3n) is 8.34. The number of likely N-dealkylation sites (tertiary alicyclic amines) is 1. The molecule has 3 aromatic rings. The maximum Gasteiger partial charge on any atom is 0.253 e. The number of nitrogens with two attached hydrogens (primary N) is 1. The number of carbonyl (C=O) groups is 2. The van der Waals surface area contributed by atoms with Crippen LogP contribution in [0.4, 0.5) is 5.95 Å². The Morgan fingerprint density at radius 1 is 1.08 bits per heavy atom. The molecular formula is C29H35N7O3. The molecule has 0 atom stereocenters. The number of aromatic nitrogens is 4. The summed E-state index contributed by atoms with van der Waals surface area (Å²) in [6.45, 7) is 9.29. The van der Waals surface area contributed by atoms with Gasteiger partial charge in [-0.25, -0.2) is 9.97 Å². The molecular weight excluding hydrogens is 494 g/mol. The van der Waals surface area contributed by atoms with E-state index in [1.807, 2.05) is 29.2 Å². The SMILES string of the molecule is CC1(C)Cc2cnc(N)nc2-c2n[nH]c(C(=O)Cc3ccc(C(=O)N4CCC(N5CCOCC5)CC4)cc3)c21. The van der Waals surface area contributed by atoms with Gasteiger partial charge in [0.2, 0.25) is 5.95 Å². The maximum absolute atomic E-state index is 13.4. The summed E-state index contributed by atoms with van der Waals surface area (Å²) in [5.41, 5.74) is 10.7. The van der Waals surface area contributed by atoms with Gasteiger partial charge in [-0.05, 0) is 47.9 Å². The number of amides is 1. The fourth-order valence-electron chi connectivity index (χ4n) is 6.29. The highest BCUT2D eigenvalue weighted by molar-refractivity contribution is 5.99. The standard InChI is InChI=1S/C29H35N7O3/c1-29(2)16-20-17-31-28(30)32-24(20)26-23(29)25(33-34-26)22(37)15-18-3-5-19(6-4-18)27(38)36-9-7-21(8-10-36)35-11-13-39-14-12-35/h3-6,17,21H,7-16H2,1-2H3,(H,33,34)(H2,30,31,32). The van der Waals surface area contributed by atoms with Gasteiger partial charge in [-0.1, -0.05) is 26.0 Å². The average Bonchev–Trinajstić information content (AvgIpc) is 3.41. The monoisotopic (exact) mass is 529 g/mol. The summed E-state index contributed by atoms with van der Waals surface area (Å²) in [4.78, 5) is 39.6. The van der Waals surface area contributed by atoms with Crippen LogP contribution in [0.15, 0.2) is 30.5 Å². The summed E-state index contributed by atoms with van der Waals surface area (Å²) in [5.74, 6) is 0.190. The predicted octanol–water partition coefficient (Wildman–Crippen LogP) is 2.64. The van der Waals surface area contributed by atoms with Crippen LogP contribution in [0.25, 0.3) is 11.4 Å². The molecule has 3 N–H and O–H groups in total. The van der Waals surface area contributed by atoms with Crippen molar-refractivity contribution >= 4 is 17.6 Å². The van der Waals surface area contributed by atoms with Crippen molar-refractivity contribution in [3.05, 3.63) is 58.4 Å². The number of hydrogen-bond donors (Lipinski definition) is 2. The molecule has 10 nitrogen and oxygen atoms in total. The lowest BCUT2D eigenvalue weighted by Gasteiger charge is -2.40. The molecule has 0 radical (unpaired) electrons. The number of piperidine rings is 1. The Hall–Kier alpha value is -3.63. The molecule has 2 saturated heterocycles. The highest BCUT2D eigenvalue weighted by Crippen LogP contribution is 2.43. The molecule has 1 amide bonds. The highest BCUT2D eigenvalue weighted by atomic mass is 16.5. The topological polar surface area (TPSA) is 130 Å². The Kier molecular flexibility index (Phi) is 6.68. The van der Waals surface area contributed by atoms with Crippen LogP contribution in [0.5, 0.6) is 0 Å². The van der Waals surface area contributed by atoms with Crippen LogP contribution in [0, 0.1) is 0 Å². The molecule has 2 aromatic heterocycles. The second-order valence-corrected chi connectivity index (χ2v) is 11.5. The number of fused-ring (bicyclic) bond motifs is 3. The van der Waals surface area contributed by atoms with E-state index < -0.39 is 0 Å². The van der Waals surface area contributed by atoms with E-state index in [4.69, 9.17) is 10.5 Å². The van der Waals surface area contributed by atoms with Gasteiger partial charge in [-0.3, -0.25) is 19.6 Å². The van der Waals surface area contributed by atoms with Gasteiger partial charge in [0, 0.05) is 56.0 Å². The zero-order valence-electron chi connectivity index (χ0n) is 22.6. The normalized spacial score (nSPS) is 19.4. The first-order valence-electron chi connectivity index (χ1n) is 13.7. The van der Waals surface area contributed by atoms with Crippen molar-refractivity contribution in [2.75, 3.05) is 45.1 Å². The largest absolute Gasteiger partial charge is 0.379 e. The summed E-state index contributed by atoms with van der Waals surface area (Å²) < 4.78 is 5.47. The van der Waals surface area contributed by atoms with E-state index in [9.17, 15) is 9.59 Å². The molecule has 4 heterocycles. The van der Waals surface area contributed by atoms with Crippen LogP contribution in [0.1, 0.15) is 64.2 Å². The fraction of sp³-hybridized carbons (Fsp3) is 0.483. The number of aromatic amines is 1. The van der Waals surface area contributed by atoms with E-state index in [0.717, 1.165) is 68.9 Å². The van der Waals surface area contributed by atoms with Crippen LogP contribution >= 0.6 is 0 Å². The minimum absolute atomic E-state index is 0.0495. The van der Waals surface area contributed by atoms with E-state index in [-0.39, 0.29) is 29.5 Å². The lowest BCUT2D eigenvalue weighted by molar-refractivity contribution is 0.00159. The van der Waals surface area contributed by atoms with Gasteiger partial charge in [-0.2, -0.15) is 5.10 Å². The van der Waals surface area contributed by atoms with Gasteiger partial charge >= 0.3 is 0 Å². The Bertz CT molecular complexity index is 1380. The van der Waals surface area contributed by atoms with Crippen molar-refractivity contribution < 1.29 is 14.3 Å². The Labute approximate surface area is 227 Å². The number of Topliss-reactive ketones (excluding diaryl/α,β-unsaturated/α-hetero) is 1. The minimum Gasteiger partial charge on any atom is -0.379 e. The van der Waals surface area contributed by atoms with E-state index in [1.165, 1.54) is 0 Å². The van der Waals surface area contributed by atoms with Crippen molar-refractivity contribution in [3.8, 4) is 11.4 Å². The first kappa shape index (κ1) is 25.6. The first-order chi connectivity index (χ1) is 18.8. The smallest absolute Gasteiger partial charge is 0.253 e. The number of carbonyl (C=O) groups excluding carboxylic acids is 2. The molecule has 2 aliphatic heterocycles. The summed E-state index contributed by atoms with van der Waals surface area (Å²) in [6.07, 6.45) is 4.63. The van der Waals surface area contributed by atoms with Crippen molar-refractivity contribution in [1.82, 2.24) is 30.0 Å². The van der Waals surface area contributed by atoms with Gasteiger partial charge < -0.3 is 15.4 Å². The molecule has 0 bridgehead atoms. The lowest BCUT2D eigenvalue weighted by Crippen LogP contribution is -2.50. The molecule has 3 aliphatic rings. The Morgan fingerprint density at radius 2 is 1.79 bits per heavy atom. The second-order valence-electron chi connectivity index (χ2n) is 11.5. The second kappa shape index (κ2) is 10.2. The summed E-state index contributed by atoms with van der Waals surface area (Å²) >= 11 is 0. The van der Waals surface area contributed by atoms with E-state index in [0.29, 0.717) is 35.1 Å². The average molecular weight is 530 g/mol. The van der Waals surface area contributed by atoms with Gasteiger partial charge in [-0.15, -0.1) is 0 Å². The zero-order chi connectivity index (χ0) is 27.1. The summed E-state index contributed by atoms with van der Waals surface area (Å²) in [5, 5.41) is 7.45. The van der Waals surface area contributed by atoms with Gasteiger partial charge in [0.05, 0.1) is 18.9 Å². The number of H-pyrrole nitrogens is 1. The van der Waals surface area contributed by atoms with Crippen molar-refractivity contribution in [3.63, 3.8) is 0 Å². The number of nitrogens with one attached hydrogen (secondary N) is 1. The number of ether oxygens (including phenoxy) is 1. The minimum atomic E-state index is -0.314. The number of benzene rings is 1. The fourth-order valence-corrected chi connectivity index (χ4v) is 6.29. The maximum atomic E-state index is 13.4. The number of hydrogen-bond acceptors (Lipinski definition) is 8. The van der Waals surface area contributed by atoms with Gasteiger partial charge in [0.1, 0.15) is 11.4 Å². The van der Waals surface area contributed by atoms with Crippen molar-refractivity contribution in [2.24, 2.45) is 0 Å². The first-order valence-corrected chi connectivity index (χ1v) is 13.7. The number of morpholine rings is 1. The molecule has 10 heteroatoms. The number of anilines is 1. The molecule has 204 valence electrons. The molecule has 0 unspecified atom stereocenters. The molecule has 39 heavy (non-hydrogen) atoms. The summed E-state index contributed by atoms with van der Waals surface area (Å²) in [6, 6.07) is 7.96.